The molecule has 0 fully saturated rings. The minimum absolute atomic E-state index is 0. The van der Waals surface area contributed by atoms with Crippen molar-refractivity contribution in [1.29, 1.82) is 0 Å². The van der Waals surface area contributed by atoms with Crippen molar-refractivity contribution < 1.29 is 57.1 Å². The molecule has 0 unspecified atom stereocenters. The van der Waals surface area contributed by atoms with Gasteiger partial charge in [0.15, 0.2) is 0 Å². The molecule has 8 heteroatoms. The Morgan fingerprint density at radius 1 is 1.07 bits per heavy atom. The monoisotopic (exact) mass is 250 g/mol. The molecule has 0 atom stereocenters. The topological polar surface area (TPSA) is 95.9 Å². The van der Waals surface area contributed by atoms with Crippen LogP contribution in [0.15, 0.2) is 0 Å². The maximum Gasteiger partial charge on any atom is 1.00 e. The zero-order valence-corrected chi connectivity index (χ0v) is 11.7. The van der Waals surface area contributed by atoms with Crippen molar-refractivity contribution >= 4 is 10.1 Å². The quantitative estimate of drug-likeness (QED) is 0.254. The van der Waals surface area contributed by atoms with Crippen molar-refractivity contribution in [3.05, 3.63) is 0 Å². The van der Waals surface area contributed by atoms with E-state index in [4.69, 9.17) is 14.6 Å². The molecule has 0 aliphatic carbocycles. The first-order valence-electron chi connectivity index (χ1n) is 4.26. The van der Waals surface area contributed by atoms with E-state index in [-0.39, 0.29) is 55.8 Å². The van der Waals surface area contributed by atoms with Crippen LogP contribution in [0, 0.1) is 0 Å². The Bertz CT molecular complexity index is 218. The summed E-state index contributed by atoms with van der Waals surface area (Å²) < 4.78 is 40.3. The number of rotatable bonds is 9. The van der Waals surface area contributed by atoms with Crippen LogP contribution in [0.5, 0.6) is 0 Å². The van der Waals surface area contributed by atoms with Gasteiger partial charge in [-0.1, -0.05) is 0 Å². The van der Waals surface area contributed by atoms with Gasteiger partial charge in [0.2, 0.25) is 0 Å². The fraction of sp³-hybridized carbons (Fsp3) is 1.00. The van der Waals surface area contributed by atoms with Crippen molar-refractivity contribution in [2.24, 2.45) is 0 Å². The third-order valence-corrected chi connectivity index (χ3v) is 2.08. The Morgan fingerprint density at radius 2 is 1.60 bits per heavy atom. The predicted octanol–water partition coefficient (Wildman–Crippen LogP) is -4.05. The van der Waals surface area contributed by atoms with Crippen molar-refractivity contribution in [3.8, 4) is 0 Å². The van der Waals surface area contributed by atoms with E-state index in [2.05, 4.69) is 0 Å². The van der Waals surface area contributed by atoms with Gasteiger partial charge in [-0.25, -0.2) is 8.42 Å². The Kier molecular flexibility index (Phi) is 13.7. The molecule has 6 nitrogen and oxygen atoms in total. The molecular weight excluding hydrogens is 235 g/mol. The van der Waals surface area contributed by atoms with Crippen LogP contribution in [-0.4, -0.2) is 56.9 Å². The van der Waals surface area contributed by atoms with Crippen LogP contribution in [0.1, 0.15) is 6.42 Å². The Morgan fingerprint density at radius 3 is 2.07 bits per heavy atom. The number of aliphatic hydroxyl groups excluding tert-OH is 1. The molecule has 0 saturated carbocycles. The van der Waals surface area contributed by atoms with E-state index in [0.29, 0.717) is 13.2 Å². The first kappa shape index (κ1) is 18.2. The maximum atomic E-state index is 10.1. The second-order valence-corrected chi connectivity index (χ2v) is 4.09. The number of hydrogen-bond acceptors (Lipinski definition) is 6. The van der Waals surface area contributed by atoms with Gasteiger partial charge in [0, 0.05) is 12.4 Å². The summed E-state index contributed by atoms with van der Waals surface area (Å²) in [6.45, 7) is 1.14. The van der Waals surface area contributed by atoms with Crippen LogP contribution in [0.4, 0.5) is 0 Å². The third-order valence-electron chi connectivity index (χ3n) is 1.29. The molecule has 0 bridgehead atoms. The van der Waals surface area contributed by atoms with Gasteiger partial charge in [0.1, 0.15) is 0 Å². The smallest absolute Gasteiger partial charge is 0.748 e. The fourth-order valence-electron chi connectivity index (χ4n) is 0.724. The van der Waals surface area contributed by atoms with E-state index < -0.39 is 15.9 Å². The summed E-state index contributed by atoms with van der Waals surface area (Å²) in [5.41, 5.74) is 0. The summed E-state index contributed by atoms with van der Waals surface area (Å²) in [6.07, 6.45) is 0.200. The maximum absolute atomic E-state index is 10.1. The number of hydrogen-bond donors (Lipinski definition) is 1. The Hall–Kier alpha value is 0.790. The van der Waals surface area contributed by atoms with Gasteiger partial charge in [0.05, 0.1) is 36.5 Å². The zero-order chi connectivity index (χ0) is 10.9. The molecule has 15 heavy (non-hydrogen) atoms. The van der Waals surface area contributed by atoms with E-state index in [1.807, 2.05) is 0 Å². The largest absolute Gasteiger partial charge is 1.00 e. The Labute approximate surface area is 112 Å². The third kappa shape index (κ3) is 17.4. The molecule has 0 saturated heterocycles. The fourth-order valence-corrected chi connectivity index (χ4v) is 1.20. The van der Waals surface area contributed by atoms with Crippen molar-refractivity contribution in [2.75, 3.05) is 38.8 Å². The standard InChI is InChI=1S/C7H16O6S.Na/c8-2-4-13-6-5-12-3-1-7-14(9,10)11;/h8H,1-7H2,(H,9,10,11);/q;+1/p-1. The van der Waals surface area contributed by atoms with Crippen LogP contribution in [0.3, 0.4) is 0 Å². The summed E-state index contributed by atoms with van der Waals surface area (Å²) in [6, 6.07) is 0. The molecule has 0 rings (SSSR count). The molecule has 1 N–H and O–H groups in total. The molecule has 0 radical (unpaired) electrons. The minimum atomic E-state index is -4.12. The summed E-state index contributed by atoms with van der Waals surface area (Å²) in [5, 5.41) is 8.33. The summed E-state index contributed by atoms with van der Waals surface area (Å²) in [4.78, 5) is 0. The van der Waals surface area contributed by atoms with Gasteiger partial charge in [0.25, 0.3) is 0 Å². The van der Waals surface area contributed by atoms with Gasteiger partial charge in [-0.05, 0) is 6.42 Å². The second-order valence-electron chi connectivity index (χ2n) is 2.56. The van der Waals surface area contributed by atoms with Gasteiger partial charge in [-0.15, -0.1) is 0 Å². The molecule has 0 amide bonds. The first-order chi connectivity index (χ1) is 6.56. The van der Waals surface area contributed by atoms with Crippen LogP contribution in [0.2, 0.25) is 0 Å². The zero-order valence-electron chi connectivity index (χ0n) is 8.85. The number of aliphatic hydroxyl groups is 1. The summed E-state index contributed by atoms with van der Waals surface area (Å²) in [5.74, 6) is -0.398. The van der Waals surface area contributed by atoms with Gasteiger partial charge in [-0.3, -0.25) is 0 Å². The van der Waals surface area contributed by atoms with Crippen molar-refractivity contribution in [2.45, 2.75) is 6.42 Å². The second kappa shape index (κ2) is 11.3. The first-order valence-corrected chi connectivity index (χ1v) is 5.84. The predicted molar refractivity (Wildman–Crippen MR) is 47.9 cm³/mol. The van der Waals surface area contributed by atoms with Gasteiger partial charge in [-0.2, -0.15) is 0 Å². The normalized spacial score (nSPS) is 11.1. The van der Waals surface area contributed by atoms with Crippen molar-refractivity contribution in [1.82, 2.24) is 0 Å². The van der Waals surface area contributed by atoms with E-state index in [0.717, 1.165) is 0 Å². The van der Waals surface area contributed by atoms with Crippen LogP contribution >= 0.6 is 0 Å². The van der Waals surface area contributed by atoms with Crippen LogP contribution in [-0.2, 0) is 19.6 Å². The summed E-state index contributed by atoms with van der Waals surface area (Å²) >= 11 is 0. The van der Waals surface area contributed by atoms with Gasteiger partial charge >= 0.3 is 29.6 Å². The molecular formula is C7H15NaO6S. The molecule has 0 aromatic rings. The minimum Gasteiger partial charge on any atom is -0.748 e. The van der Waals surface area contributed by atoms with Crippen LogP contribution in [0.25, 0.3) is 0 Å². The van der Waals surface area contributed by atoms with Crippen molar-refractivity contribution in [3.63, 3.8) is 0 Å². The van der Waals surface area contributed by atoms with Gasteiger partial charge < -0.3 is 19.1 Å². The summed E-state index contributed by atoms with van der Waals surface area (Å²) in [7, 11) is -4.12. The molecule has 0 aliphatic rings. The van der Waals surface area contributed by atoms with Crippen LogP contribution < -0.4 is 29.6 Å². The molecule has 0 heterocycles. The molecule has 86 valence electrons. The molecule has 0 aliphatic heterocycles. The average Bonchev–Trinajstić information content (AvgIpc) is 2.08. The average molecular weight is 250 g/mol. The number of ether oxygens (including phenoxy) is 2. The van der Waals surface area contributed by atoms with E-state index in [1.54, 1.807) is 0 Å². The Balaban J connectivity index is 0. The van der Waals surface area contributed by atoms with E-state index in [9.17, 15) is 13.0 Å². The van der Waals surface area contributed by atoms with E-state index in [1.165, 1.54) is 0 Å². The molecule has 0 aromatic heterocycles. The molecule has 0 aromatic carbocycles. The SMILES string of the molecule is O=S(=O)([O-])CCCOCCOCCO.[Na+]. The molecule has 0 spiro atoms. The van der Waals surface area contributed by atoms with E-state index >= 15 is 0 Å².